The fraction of sp³-hybridized carbons (Fsp3) is 0.292. The van der Waals surface area contributed by atoms with E-state index in [0.29, 0.717) is 0 Å². The van der Waals surface area contributed by atoms with Crippen molar-refractivity contribution in [2.45, 2.75) is 18.9 Å². The van der Waals surface area contributed by atoms with Gasteiger partial charge < -0.3 is 15.1 Å². The summed E-state index contributed by atoms with van der Waals surface area (Å²) in [5.74, 6) is -4.55. The number of rotatable bonds is 4. The highest BCUT2D eigenvalue weighted by Gasteiger charge is 2.38. The maximum absolute atomic E-state index is 10.6. The van der Waals surface area contributed by atoms with E-state index in [1.807, 2.05) is 36.2 Å². The molecule has 10 nitrogen and oxygen atoms in total. The summed E-state index contributed by atoms with van der Waals surface area (Å²) in [6, 6.07) is 10.4. The molecule has 41 heavy (non-hydrogen) atoms. The first-order valence-corrected chi connectivity index (χ1v) is 12.5. The number of carboxylic acid groups (broad SMARTS) is 2. The van der Waals surface area contributed by atoms with Crippen LogP contribution < -0.4 is 4.90 Å². The lowest BCUT2D eigenvalue weighted by Crippen LogP contribution is -2.46. The molecule has 0 saturated carbocycles. The Hall–Kier alpha value is -4.25. The van der Waals surface area contributed by atoms with Gasteiger partial charge in [0, 0.05) is 55.7 Å². The Balaban J connectivity index is 0.000000276. The number of carbonyl (C=O) groups is 2. The Bertz CT molecular complexity index is 1400. The molecule has 1 fully saturated rings. The van der Waals surface area contributed by atoms with Crippen molar-refractivity contribution in [1.29, 1.82) is 0 Å². The van der Waals surface area contributed by atoms with Crippen molar-refractivity contribution in [2.24, 2.45) is 0 Å². The summed E-state index contributed by atoms with van der Waals surface area (Å²) < 4.78 is 65.6. The van der Waals surface area contributed by atoms with E-state index in [-0.39, 0.29) is 0 Å². The molecule has 0 radical (unpaired) electrons. The Morgan fingerprint density at radius 3 is 1.95 bits per heavy atom. The van der Waals surface area contributed by atoms with Crippen molar-refractivity contribution in [3.63, 3.8) is 0 Å². The van der Waals surface area contributed by atoms with E-state index in [0.717, 1.165) is 55.4 Å². The fourth-order valence-corrected chi connectivity index (χ4v) is 4.25. The maximum atomic E-state index is 10.6. The minimum absolute atomic E-state index is 0.921. The van der Waals surface area contributed by atoms with Gasteiger partial charge in [-0.25, -0.2) is 24.5 Å². The fourth-order valence-electron chi connectivity index (χ4n) is 3.59. The van der Waals surface area contributed by atoms with Gasteiger partial charge in [-0.05, 0) is 0 Å². The van der Waals surface area contributed by atoms with Crippen LogP contribution >= 0.6 is 11.3 Å². The Morgan fingerprint density at radius 2 is 1.44 bits per heavy atom. The van der Waals surface area contributed by atoms with Gasteiger partial charge in [-0.2, -0.15) is 26.3 Å². The van der Waals surface area contributed by atoms with E-state index in [1.54, 1.807) is 11.3 Å². The molecule has 0 aliphatic carbocycles. The number of fused-ring (bicyclic) bond motifs is 1. The van der Waals surface area contributed by atoms with E-state index in [2.05, 4.69) is 53.4 Å². The zero-order chi connectivity index (χ0) is 30.2. The summed E-state index contributed by atoms with van der Waals surface area (Å²) in [5.41, 5.74) is 3.18. The van der Waals surface area contributed by atoms with Crippen LogP contribution in [-0.2, 0) is 16.1 Å². The SMILES string of the molecule is O=C(O)C(F)(F)F.O=C(O)C(F)(F)F.c1ccc(-c2cnc3c(N4CCN(Cc5nccs5)CC4)nccn23)cc1. The summed E-state index contributed by atoms with van der Waals surface area (Å²) in [4.78, 5) is 36.3. The highest BCUT2D eigenvalue weighted by molar-refractivity contribution is 7.09. The zero-order valence-electron chi connectivity index (χ0n) is 20.9. The molecule has 5 rings (SSSR count). The number of aliphatic carboxylic acids is 2. The van der Waals surface area contributed by atoms with E-state index in [1.165, 1.54) is 5.01 Å². The van der Waals surface area contributed by atoms with E-state index in [9.17, 15) is 26.3 Å². The van der Waals surface area contributed by atoms with Crippen molar-refractivity contribution in [1.82, 2.24) is 24.3 Å². The molecule has 0 atom stereocenters. The number of imidazole rings is 1. The van der Waals surface area contributed by atoms with Crippen LogP contribution in [0.4, 0.5) is 32.2 Å². The van der Waals surface area contributed by atoms with Gasteiger partial charge in [0.2, 0.25) is 0 Å². The predicted octanol–water partition coefficient (Wildman–Crippen LogP) is 4.44. The first-order chi connectivity index (χ1) is 19.3. The zero-order valence-corrected chi connectivity index (χ0v) is 21.7. The van der Waals surface area contributed by atoms with Gasteiger partial charge in [-0.15, -0.1) is 11.3 Å². The minimum Gasteiger partial charge on any atom is -0.475 e. The molecule has 17 heteroatoms. The number of thiazole rings is 1. The van der Waals surface area contributed by atoms with Gasteiger partial charge in [-0.3, -0.25) is 9.30 Å². The Kier molecular flexibility index (Phi) is 10.2. The predicted molar refractivity (Wildman–Crippen MR) is 135 cm³/mol. The summed E-state index contributed by atoms with van der Waals surface area (Å²) in [7, 11) is 0. The second-order valence-electron chi connectivity index (χ2n) is 8.25. The average molecular weight is 605 g/mol. The normalized spacial score (nSPS) is 14.0. The highest BCUT2D eigenvalue weighted by Crippen LogP contribution is 2.26. The number of aromatic nitrogens is 4. The van der Waals surface area contributed by atoms with Gasteiger partial charge in [0.05, 0.1) is 18.4 Å². The molecule has 0 spiro atoms. The lowest BCUT2D eigenvalue weighted by atomic mass is 10.2. The molecule has 2 N–H and O–H groups in total. The third-order valence-corrected chi connectivity index (χ3v) is 6.24. The molecule has 1 aliphatic heterocycles. The van der Waals surface area contributed by atoms with Crippen LogP contribution in [0.15, 0.2) is 60.5 Å². The number of alkyl halides is 6. The largest absolute Gasteiger partial charge is 0.490 e. The molecular weight excluding hydrogens is 582 g/mol. The number of piperazine rings is 1. The number of anilines is 1. The molecule has 3 aromatic heterocycles. The quantitative estimate of drug-likeness (QED) is 0.326. The van der Waals surface area contributed by atoms with Crippen LogP contribution in [-0.4, -0.2) is 84.9 Å². The third-order valence-electron chi connectivity index (χ3n) is 5.48. The topological polar surface area (TPSA) is 124 Å². The molecule has 0 unspecified atom stereocenters. The first-order valence-electron chi connectivity index (χ1n) is 11.6. The Morgan fingerprint density at radius 1 is 0.854 bits per heavy atom. The van der Waals surface area contributed by atoms with Crippen molar-refractivity contribution in [3.8, 4) is 11.3 Å². The smallest absolute Gasteiger partial charge is 0.475 e. The highest BCUT2D eigenvalue weighted by atomic mass is 32.1. The molecular formula is C24H22F6N6O4S. The van der Waals surface area contributed by atoms with E-state index < -0.39 is 24.3 Å². The maximum Gasteiger partial charge on any atom is 0.490 e. The average Bonchev–Trinajstić information content (AvgIpc) is 3.59. The third kappa shape index (κ3) is 8.87. The summed E-state index contributed by atoms with van der Waals surface area (Å²) >= 11 is 1.72. The molecule has 4 aromatic rings. The van der Waals surface area contributed by atoms with E-state index in [4.69, 9.17) is 19.8 Å². The number of hydrogen-bond acceptors (Lipinski definition) is 8. The molecule has 0 amide bonds. The summed E-state index contributed by atoms with van der Waals surface area (Å²) in [6.45, 7) is 4.85. The second kappa shape index (κ2) is 13.4. The summed E-state index contributed by atoms with van der Waals surface area (Å²) in [6.07, 6.45) is -2.48. The van der Waals surface area contributed by atoms with Crippen molar-refractivity contribution >= 4 is 34.7 Å². The number of carboxylic acids is 2. The molecule has 0 bridgehead atoms. The molecule has 220 valence electrons. The van der Waals surface area contributed by atoms with E-state index >= 15 is 0 Å². The van der Waals surface area contributed by atoms with Gasteiger partial charge in [0.25, 0.3) is 0 Å². The number of nitrogens with zero attached hydrogens (tertiary/aromatic N) is 6. The van der Waals surface area contributed by atoms with Crippen LogP contribution in [0.3, 0.4) is 0 Å². The van der Waals surface area contributed by atoms with Gasteiger partial charge in [0.15, 0.2) is 11.5 Å². The van der Waals surface area contributed by atoms with Crippen LogP contribution in [0.5, 0.6) is 0 Å². The summed E-state index contributed by atoms with van der Waals surface area (Å²) in [5, 5.41) is 17.5. The van der Waals surface area contributed by atoms with Crippen LogP contribution in [0.25, 0.3) is 16.9 Å². The first kappa shape index (κ1) is 31.3. The van der Waals surface area contributed by atoms with Crippen LogP contribution in [0, 0.1) is 0 Å². The Labute approximate surface area is 232 Å². The number of benzene rings is 1. The molecule has 1 saturated heterocycles. The van der Waals surface area contributed by atoms with Gasteiger partial charge in [-0.1, -0.05) is 30.3 Å². The number of halogens is 6. The number of hydrogen-bond donors (Lipinski definition) is 2. The van der Waals surface area contributed by atoms with Gasteiger partial charge in [0.1, 0.15) is 5.01 Å². The molecule has 1 aromatic carbocycles. The standard InChI is InChI=1S/C20H20N6S.2C2HF3O2/c1-2-4-16(5-3-1)17-14-23-20-19(22-6-8-26(17)20)25-11-9-24(10-12-25)15-18-21-7-13-27-18;2*3-2(4,5)1(6)7/h1-8,13-14H,9-12,15H2;2*(H,6,7). The molecule has 1 aliphatic rings. The van der Waals surface area contributed by atoms with Crippen LogP contribution in [0.2, 0.25) is 0 Å². The molecule has 4 heterocycles. The van der Waals surface area contributed by atoms with Crippen LogP contribution in [0.1, 0.15) is 5.01 Å². The van der Waals surface area contributed by atoms with Gasteiger partial charge >= 0.3 is 24.3 Å². The lowest BCUT2D eigenvalue weighted by Gasteiger charge is -2.34. The van der Waals surface area contributed by atoms with Crippen molar-refractivity contribution in [2.75, 3.05) is 31.1 Å². The lowest BCUT2D eigenvalue weighted by molar-refractivity contribution is -0.193. The second-order valence-corrected chi connectivity index (χ2v) is 9.23. The van der Waals surface area contributed by atoms with Crippen molar-refractivity contribution in [3.05, 3.63) is 65.5 Å². The monoisotopic (exact) mass is 604 g/mol. The van der Waals surface area contributed by atoms with Crippen molar-refractivity contribution < 1.29 is 46.1 Å². The minimum atomic E-state index is -5.08.